The number of ether oxygens (including phenoxy) is 2. The number of hydrogen-bond acceptors (Lipinski definition) is 5. The van der Waals surface area contributed by atoms with Crippen molar-refractivity contribution in [2.24, 2.45) is 11.8 Å². The number of rotatable bonds is 13. The molecule has 156 valence electrons. The zero-order valence-electron chi connectivity index (χ0n) is 17.1. The summed E-state index contributed by atoms with van der Waals surface area (Å²) in [5, 5.41) is 5.92. The quantitative estimate of drug-likeness (QED) is 0.473. The van der Waals surface area contributed by atoms with Gasteiger partial charge in [-0.15, -0.1) is 0 Å². The van der Waals surface area contributed by atoms with Gasteiger partial charge in [-0.25, -0.2) is 0 Å². The maximum absolute atomic E-state index is 12.2. The van der Waals surface area contributed by atoms with Crippen LogP contribution in [0.25, 0.3) is 0 Å². The first kappa shape index (κ1) is 23.6. The van der Waals surface area contributed by atoms with Gasteiger partial charge in [0, 0.05) is 43.9 Å². The van der Waals surface area contributed by atoms with Crippen LogP contribution in [0.1, 0.15) is 59.3 Å². The van der Waals surface area contributed by atoms with Crippen LogP contribution in [0.5, 0.6) is 0 Å². The van der Waals surface area contributed by atoms with E-state index < -0.39 is 0 Å². The van der Waals surface area contributed by atoms with Gasteiger partial charge in [0.05, 0.1) is 19.8 Å². The first-order valence-electron chi connectivity index (χ1n) is 10.2. The van der Waals surface area contributed by atoms with E-state index in [0.717, 1.165) is 25.7 Å². The van der Waals surface area contributed by atoms with Crippen molar-refractivity contribution in [3.8, 4) is 0 Å². The van der Waals surface area contributed by atoms with Crippen LogP contribution in [0.4, 0.5) is 0 Å². The van der Waals surface area contributed by atoms with E-state index in [2.05, 4.69) is 10.6 Å². The molecular formula is C20H36N2O5. The predicted molar refractivity (Wildman–Crippen MR) is 103 cm³/mol. The molecule has 0 aromatic rings. The van der Waals surface area contributed by atoms with E-state index in [-0.39, 0.29) is 35.5 Å². The smallest absolute Gasteiger partial charge is 0.223 e. The molecule has 0 saturated heterocycles. The largest absolute Gasteiger partial charge is 0.381 e. The van der Waals surface area contributed by atoms with Crippen LogP contribution in [-0.4, -0.2) is 56.6 Å². The average Bonchev–Trinajstić information content (AvgIpc) is 2.64. The predicted octanol–water partition coefficient (Wildman–Crippen LogP) is 1.84. The molecule has 0 aromatic heterocycles. The van der Waals surface area contributed by atoms with Crippen molar-refractivity contribution < 1.29 is 23.9 Å². The van der Waals surface area contributed by atoms with Crippen molar-refractivity contribution in [3.63, 3.8) is 0 Å². The highest BCUT2D eigenvalue weighted by Gasteiger charge is 2.26. The van der Waals surface area contributed by atoms with E-state index in [1.807, 2.05) is 20.8 Å². The average molecular weight is 385 g/mol. The van der Waals surface area contributed by atoms with Gasteiger partial charge in [-0.2, -0.15) is 0 Å². The van der Waals surface area contributed by atoms with Gasteiger partial charge in [0.1, 0.15) is 5.78 Å². The summed E-state index contributed by atoms with van der Waals surface area (Å²) >= 11 is 0. The molecule has 1 fully saturated rings. The van der Waals surface area contributed by atoms with Gasteiger partial charge in [0.25, 0.3) is 0 Å². The zero-order valence-corrected chi connectivity index (χ0v) is 17.1. The summed E-state index contributed by atoms with van der Waals surface area (Å²) in [4.78, 5) is 35.5. The second kappa shape index (κ2) is 13.7. The second-order valence-corrected chi connectivity index (χ2v) is 7.34. The Labute approximate surface area is 162 Å². The summed E-state index contributed by atoms with van der Waals surface area (Å²) in [6.07, 6.45) is 4.03. The lowest BCUT2D eigenvalue weighted by atomic mass is 9.85. The summed E-state index contributed by atoms with van der Waals surface area (Å²) in [5.74, 6) is 0.310. The Bertz CT molecular complexity index is 459. The van der Waals surface area contributed by atoms with E-state index >= 15 is 0 Å². The molecule has 0 heterocycles. The highest BCUT2D eigenvalue weighted by atomic mass is 16.5. The Hall–Kier alpha value is -1.47. The molecule has 0 aliphatic heterocycles. The Morgan fingerprint density at radius 1 is 0.963 bits per heavy atom. The molecule has 0 bridgehead atoms. The zero-order chi connectivity index (χ0) is 20.1. The summed E-state index contributed by atoms with van der Waals surface area (Å²) in [6.45, 7) is 8.02. The molecule has 27 heavy (non-hydrogen) atoms. The highest BCUT2D eigenvalue weighted by Crippen LogP contribution is 2.24. The molecule has 2 N–H and O–H groups in total. The number of carbonyl (C=O) groups is 3. The Morgan fingerprint density at radius 3 is 2.26 bits per heavy atom. The molecule has 1 aliphatic rings. The Morgan fingerprint density at radius 2 is 1.63 bits per heavy atom. The van der Waals surface area contributed by atoms with Gasteiger partial charge in [0.15, 0.2) is 0 Å². The molecule has 7 nitrogen and oxygen atoms in total. The fourth-order valence-corrected chi connectivity index (χ4v) is 3.06. The molecule has 7 heteroatoms. The molecule has 1 saturated carbocycles. The minimum absolute atomic E-state index is 0.00379. The van der Waals surface area contributed by atoms with E-state index in [0.29, 0.717) is 45.8 Å². The maximum atomic E-state index is 12.2. The van der Waals surface area contributed by atoms with Gasteiger partial charge in [-0.1, -0.05) is 13.8 Å². The summed E-state index contributed by atoms with van der Waals surface area (Å²) in [6, 6.07) is 0.157. The van der Waals surface area contributed by atoms with Crippen molar-refractivity contribution in [1.29, 1.82) is 0 Å². The van der Waals surface area contributed by atoms with Crippen molar-refractivity contribution in [1.82, 2.24) is 10.6 Å². The number of hydrogen-bond donors (Lipinski definition) is 2. The molecule has 2 amide bonds. The van der Waals surface area contributed by atoms with Crippen LogP contribution >= 0.6 is 0 Å². The van der Waals surface area contributed by atoms with Gasteiger partial charge in [-0.05, 0) is 32.6 Å². The first-order chi connectivity index (χ1) is 12.9. The van der Waals surface area contributed by atoms with Crippen LogP contribution in [0, 0.1) is 11.8 Å². The molecule has 0 spiro atoms. The minimum Gasteiger partial charge on any atom is -0.381 e. The van der Waals surface area contributed by atoms with E-state index in [4.69, 9.17) is 9.47 Å². The normalized spacial score (nSPS) is 19.7. The Balaban J connectivity index is 2.08. The number of carbonyl (C=O) groups excluding carboxylic acids is 3. The Kier molecular flexibility index (Phi) is 11.9. The number of amides is 2. The van der Waals surface area contributed by atoms with Crippen LogP contribution in [0.15, 0.2) is 0 Å². The maximum Gasteiger partial charge on any atom is 0.223 e. The molecule has 0 atom stereocenters. The molecule has 0 aromatic carbocycles. The summed E-state index contributed by atoms with van der Waals surface area (Å²) in [7, 11) is 0. The fraction of sp³-hybridized carbons (Fsp3) is 0.850. The molecular weight excluding hydrogens is 348 g/mol. The van der Waals surface area contributed by atoms with Crippen molar-refractivity contribution >= 4 is 17.6 Å². The van der Waals surface area contributed by atoms with Gasteiger partial charge in [0.2, 0.25) is 11.8 Å². The van der Waals surface area contributed by atoms with Crippen molar-refractivity contribution in [2.75, 3.05) is 33.0 Å². The molecule has 0 unspecified atom stereocenters. The van der Waals surface area contributed by atoms with Crippen molar-refractivity contribution in [2.45, 2.75) is 65.3 Å². The van der Waals surface area contributed by atoms with Gasteiger partial charge in [-0.3, -0.25) is 14.4 Å². The van der Waals surface area contributed by atoms with Gasteiger partial charge >= 0.3 is 0 Å². The second-order valence-electron chi connectivity index (χ2n) is 7.34. The lowest BCUT2D eigenvalue weighted by Gasteiger charge is -2.28. The number of ketones is 1. The lowest BCUT2D eigenvalue weighted by molar-refractivity contribution is -0.127. The van der Waals surface area contributed by atoms with E-state index in [1.54, 1.807) is 0 Å². The van der Waals surface area contributed by atoms with Crippen LogP contribution in [0.2, 0.25) is 0 Å². The third-order valence-electron chi connectivity index (χ3n) is 4.82. The fourth-order valence-electron chi connectivity index (χ4n) is 3.06. The topological polar surface area (TPSA) is 93.7 Å². The first-order valence-corrected chi connectivity index (χ1v) is 10.2. The van der Waals surface area contributed by atoms with Crippen LogP contribution in [0.3, 0.4) is 0 Å². The third-order valence-corrected chi connectivity index (χ3v) is 4.82. The highest BCUT2D eigenvalue weighted by molar-refractivity contribution is 5.80. The summed E-state index contributed by atoms with van der Waals surface area (Å²) < 4.78 is 10.6. The number of nitrogens with one attached hydrogen (secondary N) is 2. The third kappa shape index (κ3) is 10.4. The molecule has 0 radical (unpaired) electrons. The van der Waals surface area contributed by atoms with Crippen LogP contribution in [-0.2, 0) is 23.9 Å². The standard InChI is InChI=1S/C20H36N2O5/c1-4-26-13-10-19(24)22-17-7-5-16(6-8-17)20(25)21-11-14-27-12-9-18(23)15(2)3/h15-17H,4-14H2,1-3H3,(H,21,25)(H,22,24)/t16-,17+. The SMILES string of the molecule is CCOCCC(=O)N[C@H]1CC[C@@H](C(=O)NCCOCCC(=O)C(C)C)CC1. The van der Waals surface area contributed by atoms with E-state index in [1.165, 1.54) is 0 Å². The summed E-state index contributed by atoms with van der Waals surface area (Å²) in [5.41, 5.74) is 0. The van der Waals surface area contributed by atoms with Crippen LogP contribution < -0.4 is 10.6 Å². The molecule has 1 aliphatic carbocycles. The monoisotopic (exact) mass is 384 g/mol. The van der Waals surface area contributed by atoms with E-state index in [9.17, 15) is 14.4 Å². The molecule has 1 rings (SSSR count). The minimum atomic E-state index is 0.00379. The lowest BCUT2D eigenvalue weighted by Crippen LogP contribution is -2.41. The van der Waals surface area contributed by atoms with Gasteiger partial charge < -0.3 is 20.1 Å². The van der Waals surface area contributed by atoms with Crippen molar-refractivity contribution in [3.05, 3.63) is 0 Å². The number of Topliss-reactive ketones (excluding diaryl/α,β-unsaturated/α-hetero) is 1.